The van der Waals surface area contributed by atoms with Gasteiger partial charge in [0.1, 0.15) is 0 Å². The van der Waals surface area contributed by atoms with Gasteiger partial charge in [0, 0.05) is 12.1 Å². The van der Waals surface area contributed by atoms with Crippen molar-refractivity contribution in [1.82, 2.24) is 0 Å². The van der Waals surface area contributed by atoms with Gasteiger partial charge in [0.05, 0.1) is 6.04 Å². The minimum absolute atomic E-state index is 0.370. The first kappa shape index (κ1) is 7.53. The Hall–Kier alpha value is -1.11. The van der Waals surface area contributed by atoms with Crippen LogP contribution in [0.15, 0.2) is 40.9 Å². The topological polar surface area (TPSA) is 12.4 Å². The minimum atomic E-state index is 0.370. The van der Waals surface area contributed by atoms with Crippen LogP contribution in [0.5, 0.6) is 0 Å². The number of hydrogen-bond donors (Lipinski definition) is 0. The lowest BCUT2D eigenvalue weighted by atomic mass is 9.85. The molecule has 2 aliphatic rings. The maximum atomic E-state index is 4.41. The van der Waals surface area contributed by atoms with E-state index in [0.29, 0.717) is 12.0 Å². The number of hydrogen-bond acceptors (Lipinski definition) is 1. The van der Waals surface area contributed by atoms with Crippen molar-refractivity contribution in [2.75, 3.05) is 0 Å². The molecule has 0 amide bonds. The van der Waals surface area contributed by atoms with Crippen molar-refractivity contribution in [3.05, 3.63) is 36.0 Å². The zero-order valence-corrected chi connectivity index (χ0v) is 7.27. The number of fused-ring (bicyclic) bond motifs is 1. The number of nitrogens with zero attached hydrogens (tertiary/aromatic N) is 1. The van der Waals surface area contributed by atoms with Gasteiger partial charge in [-0.2, -0.15) is 0 Å². The zero-order chi connectivity index (χ0) is 8.39. The summed E-state index contributed by atoms with van der Waals surface area (Å²) in [5.41, 5.74) is 1.50. The normalized spacial score (nSPS) is 31.6. The van der Waals surface area contributed by atoms with E-state index in [0.717, 1.165) is 6.42 Å². The molecule has 1 heterocycles. The fraction of sp³-hybridized carbons (Fsp3) is 0.364. The van der Waals surface area contributed by atoms with Crippen molar-refractivity contribution in [3.8, 4) is 0 Å². The van der Waals surface area contributed by atoms with E-state index in [9.17, 15) is 0 Å². The Bertz CT molecular complexity index is 281. The van der Waals surface area contributed by atoms with Gasteiger partial charge in [0.25, 0.3) is 0 Å². The molecule has 0 bridgehead atoms. The van der Waals surface area contributed by atoms with Crippen molar-refractivity contribution >= 4 is 6.21 Å². The first-order chi connectivity index (χ1) is 5.92. The molecule has 0 aromatic carbocycles. The Morgan fingerprint density at radius 1 is 1.33 bits per heavy atom. The molecule has 12 heavy (non-hydrogen) atoms. The molecule has 2 unspecified atom stereocenters. The highest BCUT2D eigenvalue weighted by Gasteiger charge is 2.21. The number of dihydropyridines is 1. The van der Waals surface area contributed by atoms with Crippen LogP contribution in [0, 0.1) is 5.92 Å². The average molecular weight is 159 g/mol. The third kappa shape index (κ3) is 1.15. The van der Waals surface area contributed by atoms with E-state index in [1.165, 1.54) is 5.57 Å². The highest BCUT2D eigenvalue weighted by atomic mass is 14.8. The van der Waals surface area contributed by atoms with E-state index < -0.39 is 0 Å². The molecule has 0 aromatic rings. The molecule has 1 aliphatic heterocycles. The van der Waals surface area contributed by atoms with Gasteiger partial charge in [0.2, 0.25) is 0 Å². The summed E-state index contributed by atoms with van der Waals surface area (Å²) < 4.78 is 0. The fourth-order valence-electron chi connectivity index (χ4n) is 1.80. The zero-order valence-electron chi connectivity index (χ0n) is 7.27. The molecule has 0 radical (unpaired) electrons. The molecule has 2 atom stereocenters. The molecule has 0 aromatic heterocycles. The first-order valence-electron chi connectivity index (χ1n) is 4.49. The summed E-state index contributed by atoms with van der Waals surface area (Å²) in [6, 6.07) is 0.370. The number of allylic oxidation sites excluding steroid dienone is 3. The van der Waals surface area contributed by atoms with Crippen LogP contribution in [-0.2, 0) is 0 Å². The Morgan fingerprint density at radius 2 is 2.25 bits per heavy atom. The summed E-state index contributed by atoms with van der Waals surface area (Å²) >= 11 is 0. The predicted molar refractivity (Wildman–Crippen MR) is 52.4 cm³/mol. The predicted octanol–water partition coefficient (Wildman–Crippen LogP) is 2.52. The highest BCUT2D eigenvalue weighted by molar-refractivity contribution is 5.73. The summed E-state index contributed by atoms with van der Waals surface area (Å²) in [6.45, 7) is 2.20. The molecule has 1 heteroatoms. The molecular formula is C11H13N. The summed E-state index contributed by atoms with van der Waals surface area (Å²) in [5.74, 6) is 0.532. The van der Waals surface area contributed by atoms with E-state index in [-0.39, 0.29) is 0 Å². The summed E-state index contributed by atoms with van der Waals surface area (Å²) in [5, 5.41) is 0. The van der Waals surface area contributed by atoms with Gasteiger partial charge in [-0.3, -0.25) is 4.99 Å². The first-order valence-corrected chi connectivity index (χ1v) is 4.49. The largest absolute Gasteiger partial charge is 0.285 e. The van der Waals surface area contributed by atoms with Gasteiger partial charge in [-0.25, -0.2) is 0 Å². The van der Waals surface area contributed by atoms with Crippen molar-refractivity contribution in [3.63, 3.8) is 0 Å². The Balaban J connectivity index is 2.28. The smallest absolute Gasteiger partial charge is 0.0782 e. The van der Waals surface area contributed by atoms with Gasteiger partial charge < -0.3 is 0 Å². The van der Waals surface area contributed by atoms with Crippen LogP contribution >= 0.6 is 0 Å². The summed E-state index contributed by atoms with van der Waals surface area (Å²) in [7, 11) is 0. The van der Waals surface area contributed by atoms with E-state index in [1.807, 2.05) is 12.3 Å². The van der Waals surface area contributed by atoms with Gasteiger partial charge in [-0.15, -0.1) is 0 Å². The highest BCUT2D eigenvalue weighted by Crippen LogP contribution is 2.28. The van der Waals surface area contributed by atoms with Crippen molar-refractivity contribution in [2.24, 2.45) is 10.9 Å². The molecule has 0 spiro atoms. The van der Waals surface area contributed by atoms with Crippen molar-refractivity contribution in [1.29, 1.82) is 0 Å². The average Bonchev–Trinajstić information content (AvgIpc) is 2.17. The lowest BCUT2D eigenvalue weighted by Crippen LogP contribution is -2.21. The van der Waals surface area contributed by atoms with Crippen LogP contribution in [0.1, 0.15) is 13.3 Å². The maximum Gasteiger partial charge on any atom is 0.0782 e. The Morgan fingerprint density at radius 3 is 3.08 bits per heavy atom. The Kier molecular flexibility index (Phi) is 1.94. The molecular weight excluding hydrogens is 146 g/mol. The number of aliphatic imine (C=N–C) groups is 1. The van der Waals surface area contributed by atoms with Crippen LogP contribution in [0.25, 0.3) is 0 Å². The number of rotatable bonds is 1. The van der Waals surface area contributed by atoms with Crippen molar-refractivity contribution in [2.45, 2.75) is 19.4 Å². The molecule has 0 N–H and O–H groups in total. The summed E-state index contributed by atoms with van der Waals surface area (Å²) in [6.07, 6.45) is 13.8. The summed E-state index contributed by atoms with van der Waals surface area (Å²) in [4.78, 5) is 4.41. The molecule has 0 saturated heterocycles. The monoisotopic (exact) mass is 159 g/mol. The van der Waals surface area contributed by atoms with Crippen LogP contribution < -0.4 is 0 Å². The van der Waals surface area contributed by atoms with E-state index in [4.69, 9.17) is 0 Å². The van der Waals surface area contributed by atoms with Gasteiger partial charge in [-0.05, 0) is 12.5 Å². The van der Waals surface area contributed by atoms with Gasteiger partial charge >= 0.3 is 0 Å². The molecule has 2 rings (SSSR count). The Labute approximate surface area is 73.2 Å². The van der Waals surface area contributed by atoms with Crippen LogP contribution in [0.4, 0.5) is 0 Å². The SMILES string of the molecule is CCC1=CC=CC2N=CC=CC12. The molecule has 62 valence electrons. The standard InChI is InChI=1S/C11H13N/c1-2-9-5-3-7-11-10(9)6-4-8-12-11/h3-8,10-11H,2H2,1H3. The second kappa shape index (κ2) is 3.10. The molecule has 0 saturated carbocycles. The van der Waals surface area contributed by atoms with Gasteiger partial charge in [0.15, 0.2) is 0 Å². The third-order valence-electron chi connectivity index (χ3n) is 2.49. The second-order valence-corrected chi connectivity index (χ2v) is 3.18. The quantitative estimate of drug-likeness (QED) is 0.557. The van der Waals surface area contributed by atoms with Gasteiger partial charge in [-0.1, -0.05) is 36.8 Å². The second-order valence-electron chi connectivity index (χ2n) is 3.18. The molecule has 0 fully saturated rings. The van der Waals surface area contributed by atoms with E-state index in [2.05, 4.69) is 36.2 Å². The van der Waals surface area contributed by atoms with Crippen molar-refractivity contribution < 1.29 is 0 Å². The van der Waals surface area contributed by atoms with E-state index >= 15 is 0 Å². The lowest BCUT2D eigenvalue weighted by Gasteiger charge is -2.25. The third-order valence-corrected chi connectivity index (χ3v) is 2.49. The van der Waals surface area contributed by atoms with E-state index in [1.54, 1.807) is 0 Å². The van der Waals surface area contributed by atoms with Crippen LogP contribution in [0.2, 0.25) is 0 Å². The minimum Gasteiger partial charge on any atom is -0.285 e. The van der Waals surface area contributed by atoms with Crippen LogP contribution in [-0.4, -0.2) is 12.3 Å². The fourth-order valence-corrected chi connectivity index (χ4v) is 1.80. The molecule has 1 aliphatic carbocycles. The van der Waals surface area contributed by atoms with Crippen LogP contribution in [0.3, 0.4) is 0 Å². The lowest BCUT2D eigenvalue weighted by molar-refractivity contribution is 0.628. The molecule has 1 nitrogen and oxygen atoms in total. The maximum absolute atomic E-state index is 4.41.